The molecule has 0 unspecified atom stereocenters. The van der Waals surface area contributed by atoms with Crippen molar-refractivity contribution >= 4 is 11.6 Å². The minimum Gasteiger partial charge on any atom is -0.394 e. The van der Waals surface area contributed by atoms with Crippen LogP contribution in [-0.2, 0) is 9.59 Å². The van der Waals surface area contributed by atoms with Crippen molar-refractivity contribution in [2.75, 3.05) is 6.61 Å². The average Bonchev–Trinajstić information content (AvgIpc) is 2.86. The normalized spacial score (nSPS) is 49.1. The molecule has 5 heteroatoms. The lowest BCUT2D eigenvalue weighted by molar-refractivity contribution is -0.195. The molecule has 3 saturated carbocycles. The molecule has 0 heterocycles. The molecule has 0 radical (unpaired) electrons. The van der Waals surface area contributed by atoms with Crippen molar-refractivity contribution in [1.29, 1.82) is 0 Å². The standard InChI is InChI=1S/C21H30O5/c1-19-7-5-13(23)9-12(19)3-4-15-18(19)16(24)10-20(2)14(17(25)11-22)6-8-21(15,20)26/h9,14-15,17-18,22,25-26H,3-8,10-11H2,1-2H3/t14-,15-,17+,18-,19+,20-,21+/m1/s1. The van der Waals surface area contributed by atoms with Crippen molar-refractivity contribution in [2.24, 2.45) is 28.6 Å². The van der Waals surface area contributed by atoms with Crippen LogP contribution in [0.5, 0.6) is 0 Å². The van der Waals surface area contributed by atoms with Crippen molar-refractivity contribution in [2.45, 2.75) is 70.5 Å². The summed E-state index contributed by atoms with van der Waals surface area (Å²) in [5, 5.41) is 31.6. The lowest BCUT2D eigenvalue weighted by Crippen LogP contribution is -2.64. The van der Waals surface area contributed by atoms with Crippen LogP contribution >= 0.6 is 0 Å². The number of carbonyl (C=O) groups excluding carboxylic acids is 2. The zero-order valence-corrected chi connectivity index (χ0v) is 15.7. The van der Waals surface area contributed by atoms with Crippen LogP contribution in [-0.4, -0.2) is 45.2 Å². The van der Waals surface area contributed by atoms with Gasteiger partial charge in [-0.3, -0.25) is 9.59 Å². The molecule has 4 rings (SSSR count). The smallest absolute Gasteiger partial charge is 0.155 e. The summed E-state index contributed by atoms with van der Waals surface area (Å²) in [6.45, 7) is 3.68. The van der Waals surface area contributed by atoms with Crippen molar-refractivity contribution in [3.05, 3.63) is 11.6 Å². The topological polar surface area (TPSA) is 94.8 Å². The second-order valence-corrected chi connectivity index (χ2v) is 9.56. The summed E-state index contributed by atoms with van der Waals surface area (Å²) in [7, 11) is 0. The lowest BCUT2D eigenvalue weighted by Gasteiger charge is -2.60. The first kappa shape index (κ1) is 18.3. The Hall–Kier alpha value is -1.04. The predicted octanol–water partition coefficient (Wildman–Crippen LogP) is 1.78. The van der Waals surface area contributed by atoms with Gasteiger partial charge in [-0.15, -0.1) is 0 Å². The highest BCUT2D eigenvalue weighted by Crippen LogP contribution is 2.67. The molecular weight excluding hydrogens is 332 g/mol. The van der Waals surface area contributed by atoms with Gasteiger partial charge in [0.25, 0.3) is 0 Å². The second kappa shape index (κ2) is 5.73. The van der Waals surface area contributed by atoms with E-state index in [1.54, 1.807) is 6.08 Å². The Morgan fingerprint density at radius 2 is 1.92 bits per heavy atom. The van der Waals surface area contributed by atoms with Crippen molar-refractivity contribution < 1.29 is 24.9 Å². The summed E-state index contributed by atoms with van der Waals surface area (Å²) in [6, 6.07) is 0. The highest BCUT2D eigenvalue weighted by Gasteiger charge is 2.69. The first-order valence-electron chi connectivity index (χ1n) is 9.95. The Kier molecular flexibility index (Phi) is 4.04. The number of hydrogen-bond donors (Lipinski definition) is 3. The second-order valence-electron chi connectivity index (χ2n) is 9.56. The van der Waals surface area contributed by atoms with Gasteiger partial charge >= 0.3 is 0 Å². The molecule has 0 aromatic heterocycles. The van der Waals surface area contributed by atoms with E-state index in [-0.39, 0.29) is 47.8 Å². The highest BCUT2D eigenvalue weighted by atomic mass is 16.3. The van der Waals surface area contributed by atoms with E-state index in [1.807, 2.05) is 6.92 Å². The van der Waals surface area contributed by atoms with E-state index >= 15 is 0 Å². The quantitative estimate of drug-likeness (QED) is 0.696. The van der Waals surface area contributed by atoms with Crippen LogP contribution in [0, 0.1) is 28.6 Å². The molecule has 5 nitrogen and oxygen atoms in total. The molecule has 0 bridgehead atoms. The van der Waals surface area contributed by atoms with Crippen LogP contribution in [0.15, 0.2) is 11.6 Å². The van der Waals surface area contributed by atoms with Crippen LogP contribution in [0.3, 0.4) is 0 Å². The first-order chi connectivity index (χ1) is 12.2. The Morgan fingerprint density at radius 3 is 2.62 bits per heavy atom. The van der Waals surface area contributed by atoms with Gasteiger partial charge < -0.3 is 15.3 Å². The zero-order chi connectivity index (χ0) is 18.9. The molecule has 3 fully saturated rings. The van der Waals surface area contributed by atoms with Gasteiger partial charge in [0.15, 0.2) is 5.78 Å². The predicted molar refractivity (Wildman–Crippen MR) is 95.1 cm³/mol. The van der Waals surface area contributed by atoms with Gasteiger partial charge in [0.05, 0.1) is 18.3 Å². The summed E-state index contributed by atoms with van der Waals surface area (Å²) < 4.78 is 0. The molecule has 7 atom stereocenters. The largest absolute Gasteiger partial charge is 0.394 e. The van der Waals surface area contributed by atoms with E-state index in [1.165, 1.54) is 0 Å². The van der Waals surface area contributed by atoms with E-state index in [9.17, 15) is 24.9 Å². The number of hydrogen-bond acceptors (Lipinski definition) is 5. The van der Waals surface area contributed by atoms with Gasteiger partial charge in [-0.2, -0.15) is 0 Å². The van der Waals surface area contributed by atoms with E-state index in [4.69, 9.17) is 0 Å². The van der Waals surface area contributed by atoms with Gasteiger partial charge in [-0.1, -0.05) is 19.4 Å². The number of allylic oxidation sites excluding steroid dienone is 1. The number of fused-ring (bicyclic) bond motifs is 5. The molecule has 0 saturated heterocycles. The average molecular weight is 362 g/mol. The minimum atomic E-state index is -0.998. The maximum Gasteiger partial charge on any atom is 0.155 e. The van der Waals surface area contributed by atoms with Crippen molar-refractivity contribution in [3.63, 3.8) is 0 Å². The number of aliphatic hydroxyl groups excluding tert-OH is 2. The van der Waals surface area contributed by atoms with Gasteiger partial charge in [0.2, 0.25) is 0 Å². The van der Waals surface area contributed by atoms with Crippen LogP contribution in [0.25, 0.3) is 0 Å². The molecule has 0 aromatic rings. The fourth-order valence-electron chi connectivity index (χ4n) is 7.11. The van der Waals surface area contributed by atoms with Gasteiger partial charge in [-0.25, -0.2) is 0 Å². The fraction of sp³-hybridized carbons (Fsp3) is 0.810. The molecule has 144 valence electrons. The summed E-state index contributed by atoms with van der Waals surface area (Å²) >= 11 is 0. The van der Waals surface area contributed by atoms with Crippen LogP contribution in [0.2, 0.25) is 0 Å². The number of Topliss-reactive ketones (excluding diaryl/α,β-unsaturated/α-hetero) is 1. The van der Waals surface area contributed by atoms with Gasteiger partial charge in [-0.05, 0) is 55.4 Å². The van der Waals surface area contributed by atoms with Crippen molar-refractivity contribution in [1.82, 2.24) is 0 Å². The molecule has 0 spiro atoms. The van der Waals surface area contributed by atoms with Crippen LogP contribution in [0.1, 0.15) is 58.8 Å². The van der Waals surface area contributed by atoms with Gasteiger partial charge in [0, 0.05) is 24.2 Å². The maximum atomic E-state index is 13.3. The third-order valence-corrected chi connectivity index (χ3v) is 8.57. The third-order valence-electron chi connectivity index (χ3n) is 8.57. The zero-order valence-electron chi connectivity index (χ0n) is 15.7. The molecule has 3 N–H and O–H groups in total. The summed E-state index contributed by atoms with van der Waals surface area (Å²) in [5.41, 5.74) is -0.947. The number of ketones is 2. The van der Waals surface area contributed by atoms with E-state index in [2.05, 4.69) is 6.92 Å². The van der Waals surface area contributed by atoms with Crippen LogP contribution < -0.4 is 0 Å². The SMILES string of the molecule is C[C@]12CCC(=O)C=C1CC[C@@H]1[C@@H]2C(=O)C[C@]2(C)[C@@H]([C@@H](O)CO)CC[C@]12O. The number of carbonyl (C=O) groups is 2. The summed E-state index contributed by atoms with van der Waals surface area (Å²) in [4.78, 5) is 25.2. The Labute approximate surface area is 154 Å². The number of rotatable bonds is 2. The summed E-state index contributed by atoms with van der Waals surface area (Å²) in [5.74, 6) is -0.352. The lowest BCUT2D eigenvalue weighted by atomic mass is 9.44. The minimum absolute atomic E-state index is 0.139. The molecule has 0 aliphatic heterocycles. The first-order valence-corrected chi connectivity index (χ1v) is 9.95. The van der Waals surface area contributed by atoms with Crippen molar-refractivity contribution in [3.8, 4) is 0 Å². The monoisotopic (exact) mass is 362 g/mol. The van der Waals surface area contributed by atoms with E-state index in [0.717, 1.165) is 12.0 Å². The fourth-order valence-corrected chi connectivity index (χ4v) is 7.11. The van der Waals surface area contributed by atoms with E-state index < -0.39 is 17.1 Å². The van der Waals surface area contributed by atoms with Crippen LogP contribution in [0.4, 0.5) is 0 Å². The Morgan fingerprint density at radius 1 is 1.19 bits per heavy atom. The molecule has 4 aliphatic carbocycles. The molecule has 0 aromatic carbocycles. The Bertz CT molecular complexity index is 684. The summed E-state index contributed by atoms with van der Waals surface area (Å²) in [6.07, 6.45) is 4.89. The maximum absolute atomic E-state index is 13.3. The molecule has 0 amide bonds. The third kappa shape index (κ3) is 2.14. The Balaban J connectivity index is 1.76. The highest BCUT2D eigenvalue weighted by molar-refractivity contribution is 5.93. The van der Waals surface area contributed by atoms with Gasteiger partial charge in [0.1, 0.15) is 5.78 Å². The number of aliphatic hydroxyl groups is 3. The molecule has 26 heavy (non-hydrogen) atoms. The molecular formula is C21H30O5. The molecule has 4 aliphatic rings. The van der Waals surface area contributed by atoms with E-state index in [0.29, 0.717) is 32.1 Å².